The average Bonchev–Trinajstić information content (AvgIpc) is 2.40. The quantitative estimate of drug-likeness (QED) is 0.708. The molecule has 0 aliphatic carbocycles. The van der Waals surface area contributed by atoms with Gasteiger partial charge in [-0.15, -0.1) is 0 Å². The minimum Gasteiger partial charge on any atom is -0.444 e. The van der Waals surface area contributed by atoms with Crippen molar-refractivity contribution in [2.75, 3.05) is 13.1 Å². The zero-order valence-electron chi connectivity index (χ0n) is 12.9. The molecule has 0 saturated carbocycles. The van der Waals surface area contributed by atoms with Crippen LogP contribution in [0.3, 0.4) is 0 Å². The van der Waals surface area contributed by atoms with Crippen molar-refractivity contribution in [2.45, 2.75) is 45.3 Å². The van der Waals surface area contributed by atoms with Gasteiger partial charge in [0.05, 0.1) is 5.70 Å². The average molecular weight is 358 g/mol. The molecule has 3 N–H and O–H groups in total. The maximum atomic E-state index is 12.0. The maximum absolute atomic E-state index is 12.0. The molecule has 0 bridgehead atoms. The third kappa shape index (κ3) is 4.40. The zero-order chi connectivity index (χ0) is 15.6. The van der Waals surface area contributed by atoms with Crippen molar-refractivity contribution < 1.29 is 9.53 Å². The summed E-state index contributed by atoms with van der Waals surface area (Å²) in [6, 6.07) is 0.271. The molecule has 0 radical (unpaired) electrons. The van der Waals surface area contributed by atoms with Crippen molar-refractivity contribution in [3.63, 3.8) is 0 Å². The van der Waals surface area contributed by atoms with E-state index in [9.17, 15) is 4.79 Å². The number of piperidine rings is 1. The lowest BCUT2D eigenvalue weighted by molar-refractivity contribution is 0.0177. The molecule has 0 aromatic heterocycles. The van der Waals surface area contributed by atoms with Gasteiger partial charge in [0, 0.05) is 19.1 Å². The molecule has 1 atom stereocenters. The van der Waals surface area contributed by atoms with Crippen LogP contribution in [0.25, 0.3) is 0 Å². The Morgan fingerprint density at radius 2 is 2.05 bits per heavy atom. The molecule has 5 nitrogen and oxygen atoms in total. The third-order valence-corrected chi connectivity index (χ3v) is 4.42. The molecular formula is C15H24BrN3O2. The molecule has 2 aliphatic rings. The van der Waals surface area contributed by atoms with Gasteiger partial charge < -0.3 is 20.7 Å². The van der Waals surface area contributed by atoms with Gasteiger partial charge in [0.15, 0.2) is 0 Å². The van der Waals surface area contributed by atoms with Gasteiger partial charge in [0.2, 0.25) is 0 Å². The molecule has 2 aliphatic heterocycles. The topological polar surface area (TPSA) is 67.6 Å². The number of ether oxygens (including phenoxy) is 1. The molecule has 6 heteroatoms. The number of dihydropyridines is 1. The van der Waals surface area contributed by atoms with Crippen molar-refractivity contribution in [1.82, 2.24) is 10.2 Å². The Morgan fingerprint density at radius 1 is 1.43 bits per heavy atom. The summed E-state index contributed by atoms with van der Waals surface area (Å²) in [5.74, 6) is 0.501. The van der Waals surface area contributed by atoms with Crippen LogP contribution in [-0.2, 0) is 4.74 Å². The Hall–Kier alpha value is -1.17. The lowest BCUT2D eigenvalue weighted by Crippen LogP contribution is -2.46. The molecule has 1 fully saturated rings. The smallest absolute Gasteiger partial charge is 0.410 e. The summed E-state index contributed by atoms with van der Waals surface area (Å²) in [4.78, 5) is 13.8. The van der Waals surface area contributed by atoms with Crippen LogP contribution in [0.4, 0.5) is 4.79 Å². The van der Waals surface area contributed by atoms with E-state index < -0.39 is 5.60 Å². The molecule has 21 heavy (non-hydrogen) atoms. The van der Waals surface area contributed by atoms with Crippen LogP contribution in [0.5, 0.6) is 0 Å². The van der Waals surface area contributed by atoms with Crippen molar-refractivity contribution in [1.29, 1.82) is 0 Å². The monoisotopic (exact) mass is 357 g/mol. The Kier molecular flexibility index (Phi) is 4.86. The van der Waals surface area contributed by atoms with Gasteiger partial charge in [0.1, 0.15) is 10.2 Å². The lowest BCUT2D eigenvalue weighted by Gasteiger charge is -2.37. The Bertz CT molecular complexity index is 460. The summed E-state index contributed by atoms with van der Waals surface area (Å²) in [6.45, 7) is 7.15. The van der Waals surface area contributed by atoms with Gasteiger partial charge in [-0.2, -0.15) is 0 Å². The number of allylic oxidation sites excluding steroid dienone is 1. The first-order valence-corrected chi connectivity index (χ1v) is 8.13. The van der Waals surface area contributed by atoms with Crippen LogP contribution < -0.4 is 11.1 Å². The summed E-state index contributed by atoms with van der Waals surface area (Å²) in [5.41, 5.74) is 6.09. The SMILES string of the molecule is CC(C)(C)OC(=O)N1CCC(C2C=CC(N)=C(Br)N2)CC1. The number of carbonyl (C=O) groups is 1. The van der Waals surface area contributed by atoms with Gasteiger partial charge in [-0.05, 0) is 61.5 Å². The van der Waals surface area contributed by atoms with Gasteiger partial charge in [-0.25, -0.2) is 4.79 Å². The van der Waals surface area contributed by atoms with Gasteiger partial charge in [-0.1, -0.05) is 6.08 Å². The van der Waals surface area contributed by atoms with E-state index in [4.69, 9.17) is 10.5 Å². The van der Waals surface area contributed by atoms with Crippen molar-refractivity contribution in [2.24, 2.45) is 11.7 Å². The fourth-order valence-corrected chi connectivity index (χ4v) is 3.00. The second kappa shape index (κ2) is 6.30. The third-order valence-electron chi connectivity index (χ3n) is 3.73. The Labute approximate surface area is 134 Å². The van der Waals surface area contributed by atoms with Crippen molar-refractivity contribution in [3.05, 3.63) is 22.5 Å². The largest absolute Gasteiger partial charge is 0.444 e. The van der Waals surface area contributed by atoms with Crippen molar-refractivity contribution >= 4 is 22.0 Å². The van der Waals surface area contributed by atoms with Crippen LogP contribution in [0.1, 0.15) is 33.6 Å². The highest BCUT2D eigenvalue weighted by molar-refractivity contribution is 9.11. The summed E-state index contributed by atoms with van der Waals surface area (Å²) >= 11 is 3.44. The first kappa shape index (κ1) is 16.2. The van der Waals surface area contributed by atoms with Crippen LogP contribution in [0.15, 0.2) is 22.5 Å². The minimum atomic E-state index is -0.436. The number of nitrogens with two attached hydrogens (primary N) is 1. The Balaban J connectivity index is 1.84. The standard InChI is InChI=1S/C15H24BrN3O2/c1-15(2,3)21-14(20)19-8-6-10(7-9-19)12-5-4-11(17)13(16)18-12/h4-5,10,12,18H,6-9,17H2,1-3H3. The van der Waals surface area contributed by atoms with E-state index in [1.807, 2.05) is 26.8 Å². The predicted octanol–water partition coefficient (Wildman–Crippen LogP) is 2.68. The van der Waals surface area contributed by atoms with Crippen LogP contribution >= 0.6 is 15.9 Å². The van der Waals surface area contributed by atoms with Crippen LogP contribution in [0, 0.1) is 5.92 Å². The highest BCUT2D eigenvalue weighted by Crippen LogP contribution is 2.26. The molecule has 1 amide bonds. The van der Waals surface area contributed by atoms with Crippen LogP contribution in [0.2, 0.25) is 0 Å². The highest BCUT2D eigenvalue weighted by Gasteiger charge is 2.30. The number of rotatable bonds is 1. The Morgan fingerprint density at radius 3 is 2.57 bits per heavy atom. The van der Waals surface area contributed by atoms with Gasteiger partial charge in [0.25, 0.3) is 0 Å². The molecule has 2 heterocycles. The number of halogens is 1. The molecule has 0 spiro atoms. The number of hydrogen-bond acceptors (Lipinski definition) is 4. The van der Waals surface area contributed by atoms with E-state index in [0.29, 0.717) is 5.92 Å². The summed E-state index contributed by atoms with van der Waals surface area (Å²) < 4.78 is 6.27. The number of hydrogen-bond donors (Lipinski definition) is 2. The second-order valence-corrected chi connectivity index (χ2v) is 7.40. The number of amides is 1. The summed E-state index contributed by atoms with van der Waals surface area (Å²) in [6.07, 6.45) is 5.75. The molecule has 1 saturated heterocycles. The number of carbonyl (C=O) groups excluding carboxylic acids is 1. The van der Waals surface area contributed by atoms with Gasteiger partial charge >= 0.3 is 6.09 Å². The molecular weight excluding hydrogens is 334 g/mol. The fourth-order valence-electron chi connectivity index (χ4n) is 2.60. The van der Waals surface area contributed by atoms with E-state index in [1.165, 1.54) is 0 Å². The van der Waals surface area contributed by atoms with Crippen LogP contribution in [-0.4, -0.2) is 35.7 Å². The molecule has 0 aromatic carbocycles. The molecule has 118 valence electrons. The normalized spacial score (nSPS) is 24.0. The van der Waals surface area contributed by atoms with Crippen molar-refractivity contribution in [3.8, 4) is 0 Å². The number of likely N-dealkylation sites (tertiary alicyclic amines) is 1. The first-order chi connectivity index (χ1) is 9.76. The van der Waals surface area contributed by atoms with Gasteiger partial charge in [-0.3, -0.25) is 0 Å². The fraction of sp³-hybridized carbons (Fsp3) is 0.667. The van der Waals surface area contributed by atoms with E-state index >= 15 is 0 Å². The highest BCUT2D eigenvalue weighted by atomic mass is 79.9. The first-order valence-electron chi connectivity index (χ1n) is 7.34. The predicted molar refractivity (Wildman–Crippen MR) is 86.7 cm³/mol. The molecule has 2 rings (SSSR count). The minimum absolute atomic E-state index is 0.210. The zero-order valence-corrected chi connectivity index (χ0v) is 14.4. The maximum Gasteiger partial charge on any atom is 0.410 e. The molecule has 1 unspecified atom stereocenters. The summed E-state index contributed by atoms with van der Waals surface area (Å²) in [7, 11) is 0. The van der Waals surface area contributed by atoms with E-state index in [2.05, 4.69) is 27.3 Å². The summed E-state index contributed by atoms with van der Waals surface area (Å²) in [5, 5.41) is 3.37. The number of nitrogens with zero attached hydrogens (tertiary/aromatic N) is 1. The van der Waals surface area contributed by atoms with E-state index in [0.717, 1.165) is 36.2 Å². The second-order valence-electron chi connectivity index (χ2n) is 6.60. The van der Waals surface area contributed by atoms with E-state index in [1.54, 1.807) is 4.90 Å². The number of nitrogens with one attached hydrogen (secondary N) is 1. The lowest BCUT2D eigenvalue weighted by atomic mass is 9.88. The molecule has 0 aromatic rings. The van der Waals surface area contributed by atoms with E-state index in [-0.39, 0.29) is 12.1 Å².